The van der Waals surface area contributed by atoms with Crippen LogP contribution in [-0.2, 0) is 9.16 Å². The van der Waals surface area contributed by atoms with Crippen molar-refractivity contribution in [2.45, 2.75) is 66.1 Å². The van der Waals surface area contributed by atoms with Gasteiger partial charge >= 0.3 is 0 Å². The minimum atomic E-state index is -0.312. The molecule has 1 unspecified atom stereocenters. The Morgan fingerprint density at radius 3 is 1.81 bits per heavy atom. The van der Waals surface area contributed by atoms with E-state index in [1.54, 1.807) is 0 Å². The Kier molecular flexibility index (Phi) is 3.93. The van der Waals surface area contributed by atoms with E-state index in [0.717, 1.165) is 19.4 Å². The standard InChI is InChI=1S/C13H25O2Si/c1-11(2,3)13(15-16,12(4,5)6)10-8-7-9-14-10/h10H,7-9H2,1-6H3. The summed E-state index contributed by atoms with van der Waals surface area (Å²) in [5.41, 5.74) is -0.280. The second-order valence-electron chi connectivity index (χ2n) is 6.84. The van der Waals surface area contributed by atoms with Crippen LogP contribution >= 0.6 is 0 Å². The van der Waals surface area contributed by atoms with E-state index in [4.69, 9.17) is 9.16 Å². The molecule has 0 aromatic rings. The Labute approximate surface area is 104 Å². The zero-order valence-corrected chi connectivity index (χ0v) is 12.5. The summed E-state index contributed by atoms with van der Waals surface area (Å²) < 4.78 is 11.7. The predicted octanol–water partition coefficient (Wildman–Crippen LogP) is 3.10. The molecule has 0 N–H and O–H groups in total. The Morgan fingerprint density at radius 2 is 1.56 bits per heavy atom. The van der Waals surface area contributed by atoms with Crippen LogP contribution in [0.25, 0.3) is 0 Å². The molecule has 1 aliphatic rings. The van der Waals surface area contributed by atoms with Gasteiger partial charge in [-0.05, 0) is 23.7 Å². The van der Waals surface area contributed by atoms with Crippen molar-refractivity contribution < 1.29 is 9.16 Å². The molecule has 1 aliphatic heterocycles. The van der Waals surface area contributed by atoms with Crippen LogP contribution in [0.4, 0.5) is 0 Å². The highest BCUT2D eigenvalue weighted by molar-refractivity contribution is 5.98. The normalized spacial score (nSPS) is 23.8. The predicted molar refractivity (Wildman–Crippen MR) is 67.5 cm³/mol. The van der Waals surface area contributed by atoms with Gasteiger partial charge in [0.1, 0.15) is 0 Å². The molecular formula is C13H25O2Si. The van der Waals surface area contributed by atoms with Crippen molar-refractivity contribution in [1.29, 1.82) is 0 Å². The molecule has 0 spiro atoms. The van der Waals surface area contributed by atoms with Crippen LogP contribution < -0.4 is 0 Å². The summed E-state index contributed by atoms with van der Waals surface area (Å²) in [7, 11) is 3.33. The monoisotopic (exact) mass is 241 g/mol. The SMILES string of the molecule is CC(C)(C)C(O[Si])(C1CCCO1)C(C)(C)C. The van der Waals surface area contributed by atoms with E-state index >= 15 is 0 Å². The lowest BCUT2D eigenvalue weighted by Crippen LogP contribution is -2.62. The Morgan fingerprint density at radius 1 is 1.06 bits per heavy atom. The minimum Gasteiger partial charge on any atom is -0.409 e. The maximum absolute atomic E-state index is 5.91. The van der Waals surface area contributed by atoms with Gasteiger partial charge in [-0.1, -0.05) is 41.5 Å². The maximum Gasteiger partial charge on any atom is 0.247 e. The summed E-state index contributed by atoms with van der Waals surface area (Å²) >= 11 is 0. The van der Waals surface area contributed by atoms with Gasteiger partial charge in [0.05, 0.1) is 11.7 Å². The van der Waals surface area contributed by atoms with Crippen LogP contribution in [-0.4, -0.2) is 28.8 Å². The van der Waals surface area contributed by atoms with Gasteiger partial charge in [-0.2, -0.15) is 0 Å². The molecule has 3 radical (unpaired) electrons. The van der Waals surface area contributed by atoms with E-state index in [9.17, 15) is 0 Å². The Bertz CT molecular complexity index is 217. The molecule has 0 aromatic carbocycles. The van der Waals surface area contributed by atoms with Gasteiger partial charge in [0.15, 0.2) is 0 Å². The average Bonchev–Trinajstić information content (AvgIpc) is 2.53. The van der Waals surface area contributed by atoms with E-state index in [1.165, 1.54) is 0 Å². The number of ether oxygens (including phenoxy) is 1. The van der Waals surface area contributed by atoms with Crippen molar-refractivity contribution in [1.82, 2.24) is 0 Å². The molecule has 16 heavy (non-hydrogen) atoms. The molecule has 1 heterocycles. The van der Waals surface area contributed by atoms with Gasteiger partial charge in [0, 0.05) is 6.61 Å². The van der Waals surface area contributed by atoms with Crippen LogP contribution in [0.1, 0.15) is 54.4 Å². The summed E-state index contributed by atoms with van der Waals surface area (Å²) in [6.07, 6.45) is 2.39. The van der Waals surface area contributed by atoms with Gasteiger partial charge < -0.3 is 9.16 Å². The highest BCUT2D eigenvalue weighted by Gasteiger charge is 2.57. The summed E-state index contributed by atoms with van der Waals surface area (Å²) in [6, 6.07) is 0. The Balaban J connectivity index is 3.18. The number of hydrogen-bond donors (Lipinski definition) is 0. The second-order valence-corrected chi connectivity index (χ2v) is 7.04. The van der Waals surface area contributed by atoms with E-state index < -0.39 is 0 Å². The topological polar surface area (TPSA) is 18.5 Å². The van der Waals surface area contributed by atoms with Gasteiger partial charge in [-0.15, -0.1) is 0 Å². The Hall–Kier alpha value is 0.137. The first-order valence-electron chi connectivity index (χ1n) is 6.13. The van der Waals surface area contributed by atoms with Gasteiger partial charge in [0.2, 0.25) is 10.5 Å². The van der Waals surface area contributed by atoms with Crippen molar-refractivity contribution in [2.24, 2.45) is 10.8 Å². The highest BCUT2D eigenvalue weighted by atomic mass is 28.2. The second kappa shape index (κ2) is 4.43. The molecule has 3 heteroatoms. The zero-order chi connectivity index (χ0) is 12.6. The van der Waals surface area contributed by atoms with Gasteiger partial charge in [-0.25, -0.2) is 0 Å². The number of rotatable bonds is 2. The largest absolute Gasteiger partial charge is 0.409 e. The van der Waals surface area contributed by atoms with E-state index in [1.807, 2.05) is 0 Å². The molecule has 1 rings (SSSR count). The summed E-state index contributed by atoms with van der Waals surface area (Å²) in [4.78, 5) is 0. The van der Waals surface area contributed by atoms with Crippen LogP contribution in [0, 0.1) is 10.8 Å². The summed E-state index contributed by atoms with van der Waals surface area (Å²) in [5, 5.41) is 0. The molecule has 93 valence electrons. The van der Waals surface area contributed by atoms with Crippen molar-refractivity contribution in [2.75, 3.05) is 6.61 Å². The fourth-order valence-electron chi connectivity index (χ4n) is 3.36. The smallest absolute Gasteiger partial charge is 0.247 e. The van der Waals surface area contributed by atoms with Crippen molar-refractivity contribution in [3.8, 4) is 0 Å². The molecule has 1 fully saturated rings. The lowest BCUT2D eigenvalue weighted by molar-refractivity contribution is -0.185. The summed E-state index contributed by atoms with van der Waals surface area (Å²) in [5.74, 6) is 0. The third kappa shape index (κ3) is 2.09. The zero-order valence-electron chi connectivity index (χ0n) is 11.5. The quantitative estimate of drug-likeness (QED) is 0.692. The molecular weight excluding hydrogens is 216 g/mol. The molecule has 1 saturated heterocycles. The fraction of sp³-hybridized carbons (Fsp3) is 1.00. The maximum atomic E-state index is 5.91. The van der Waals surface area contributed by atoms with Crippen molar-refractivity contribution in [3.63, 3.8) is 0 Å². The lowest BCUT2D eigenvalue weighted by atomic mass is 9.59. The first kappa shape index (κ1) is 14.2. The van der Waals surface area contributed by atoms with Crippen LogP contribution in [0.3, 0.4) is 0 Å². The molecule has 0 bridgehead atoms. The first-order chi connectivity index (χ1) is 7.17. The summed E-state index contributed by atoms with van der Waals surface area (Å²) in [6.45, 7) is 14.2. The molecule has 1 atom stereocenters. The van der Waals surface area contributed by atoms with Crippen LogP contribution in [0.2, 0.25) is 0 Å². The van der Waals surface area contributed by atoms with Gasteiger partial charge in [-0.3, -0.25) is 0 Å². The molecule has 0 aliphatic carbocycles. The molecule has 0 saturated carbocycles. The van der Waals surface area contributed by atoms with Crippen LogP contribution in [0.15, 0.2) is 0 Å². The van der Waals surface area contributed by atoms with E-state index in [2.05, 4.69) is 52.0 Å². The number of hydrogen-bond acceptors (Lipinski definition) is 2. The van der Waals surface area contributed by atoms with Crippen molar-refractivity contribution >= 4 is 10.5 Å². The molecule has 2 nitrogen and oxygen atoms in total. The van der Waals surface area contributed by atoms with Gasteiger partial charge in [0.25, 0.3) is 0 Å². The lowest BCUT2D eigenvalue weighted by Gasteiger charge is -2.55. The van der Waals surface area contributed by atoms with Crippen LogP contribution in [0.5, 0.6) is 0 Å². The fourth-order valence-corrected chi connectivity index (χ4v) is 4.10. The average molecular weight is 241 g/mol. The van der Waals surface area contributed by atoms with E-state index in [-0.39, 0.29) is 22.5 Å². The van der Waals surface area contributed by atoms with E-state index in [0.29, 0.717) is 0 Å². The first-order valence-corrected chi connectivity index (χ1v) is 6.54. The van der Waals surface area contributed by atoms with Crippen molar-refractivity contribution in [3.05, 3.63) is 0 Å². The highest BCUT2D eigenvalue weighted by Crippen LogP contribution is 2.51. The minimum absolute atomic E-state index is 0.0159. The third-order valence-corrected chi connectivity index (χ3v) is 4.09. The molecule has 0 amide bonds. The molecule has 0 aromatic heterocycles. The third-order valence-electron chi connectivity index (χ3n) is 3.77.